The molecule has 14 heteroatoms. The summed E-state index contributed by atoms with van der Waals surface area (Å²) in [5.41, 5.74) is 0. The molecular weight excluding hydrogens is 357 g/mol. The maximum atomic E-state index is 14.0. The normalized spacial score (nSPS) is 15.7. The summed E-state index contributed by atoms with van der Waals surface area (Å²) in [6.45, 7) is -6.60. The predicted octanol–water partition coefficient (Wildman–Crippen LogP) is 3.98. The van der Waals surface area contributed by atoms with Gasteiger partial charge < -0.3 is 9.79 Å². The molecule has 0 atom stereocenters. The van der Waals surface area contributed by atoms with E-state index in [1.165, 1.54) is 6.07 Å². The van der Waals surface area contributed by atoms with Crippen LogP contribution in [-0.2, 0) is 27.8 Å². The van der Waals surface area contributed by atoms with Crippen LogP contribution in [0.15, 0.2) is 35.2 Å². The minimum Gasteiger partial charge on any atom is -0.302 e. The maximum Gasteiger partial charge on any atom is 0.476 e. The summed E-state index contributed by atoms with van der Waals surface area (Å²) in [5.74, 6) is 0. The fourth-order valence-electron chi connectivity index (χ4n) is 1.08. The highest BCUT2D eigenvalue weighted by Gasteiger charge is 2.57. The lowest BCUT2D eigenvalue weighted by molar-refractivity contribution is -0.0910. The summed E-state index contributed by atoms with van der Waals surface area (Å²) in [4.78, 5) is 15.2. The zero-order valence-corrected chi connectivity index (χ0v) is 11.7. The fourth-order valence-corrected chi connectivity index (χ4v) is 7.26. The highest BCUT2D eigenvalue weighted by Crippen LogP contribution is 2.76. The third kappa shape index (κ3) is 3.12. The van der Waals surface area contributed by atoms with Crippen molar-refractivity contribution in [3.05, 3.63) is 30.3 Å². The zero-order chi connectivity index (χ0) is 15.7. The van der Waals surface area contributed by atoms with Crippen LogP contribution in [0.3, 0.4) is 0 Å². The van der Waals surface area contributed by atoms with Crippen LogP contribution in [0.2, 0.25) is 0 Å². The van der Waals surface area contributed by atoms with Crippen molar-refractivity contribution < 1.29 is 48.8 Å². The molecule has 0 spiro atoms. The van der Waals surface area contributed by atoms with Gasteiger partial charge in [-0.15, -0.1) is 21.1 Å². The molecule has 1 rings (SSSR count). The number of halogens is 5. The molecule has 0 heterocycles. The van der Waals surface area contributed by atoms with Crippen LogP contribution in [0.1, 0.15) is 0 Å². The first-order valence-corrected chi connectivity index (χ1v) is 9.80. The average molecular weight is 364 g/mol. The second-order valence-electron chi connectivity index (χ2n) is 3.18. The van der Waals surface area contributed by atoms with Crippen molar-refractivity contribution in [3.63, 3.8) is 0 Å². The predicted molar refractivity (Wildman–Crippen MR) is 59.8 cm³/mol. The molecule has 0 aliphatic carbocycles. The van der Waals surface area contributed by atoms with E-state index >= 15 is 0 Å². The van der Waals surface area contributed by atoms with Crippen molar-refractivity contribution in [1.82, 2.24) is 0 Å². The van der Waals surface area contributed by atoms with Gasteiger partial charge in [-0.05, 0) is 21.2 Å². The third-order valence-electron chi connectivity index (χ3n) is 1.86. The molecule has 0 bridgehead atoms. The van der Waals surface area contributed by atoms with E-state index < -0.39 is 28.9 Å². The van der Waals surface area contributed by atoms with Crippen LogP contribution in [0, 0.1) is 0 Å². The van der Waals surface area contributed by atoms with Gasteiger partial charge in [0.2, 0.25) is 9.50 Å². The van der Waals surface area contributed by atoms with Crippen LogP contribution in [0.4, 0.5) is 20.7 Å². The molecule has 118 valence electrons. The third-order valence-corrected chi connectivity index (χ3v) is 9.36. The van der Waals surface area contributed by atoms with Gasteiger partial charge in [-0.1, -0.05) is 18.2 Å². The van der Waals surface area contributed by atoms with Crippen molar-refractivity contribution in [2.24, 2.45) is 0 Å². The molecule has 0 radical (unpaired) electrons. The summed E-state index contributed by atoms with van der Waals surface area (Å²) in [6, 6.07) is 3.83. The smallest absolute Gasteiger partial charge is 0.302 e. The Morgan fingerprint density at radius 3 is 1.80 bits per heavy atom. The lowest BCUT2D eigenvalue weighted by atomic mass is 10.4. The highest BCUT2D eigenvalue weighted by molar-refractivity contribution is 8.43. The van der Waals surface area contributed by atoms with Crippen LogP contribution in [0.25, 0.3) is 0 Å². The summed E-state index contributed by atoms with van der Waals surface area (Å²) < 4.78 is 85.0. The van der Waals surface area contributed by atoms with E-state index in [1.807, 2.05) is 0 Å². The molecule has 0 unspecified atom stereocenters. The summed E-state index contributed by atoms with van der Waals surface area (Å²) in [5, 5.41) is 0. The first kappa shape index (κ1) is 17.7. The van der Waals surface area contributed by atoms with Crippen molar-refractivity contribution >= 4 is 24.0 Å². The Balaban J connectivity index is 3.84. The lowest BCUT2D eigenvalue weighted by Crippen LogP contribution is -2.17. The van der Waals surface area contributed by atoms with Crippen LogP contribution in [-0.4, -0.2) is 9.79 Å². The highest BCUT2D eigenvalue weighted by atomic mass is 32.7. The Bertz CT molecular complexity index is 607. The number of benzene rings is 1. The van der Waals surface area contributed by atoms with E-state index in [0.29, 0.717) is 12.1 Å². The van der Waals surface area contributed by atoms with Gasteiger partial charge in [0.1, 0.15) is 0 Å². The molecule has 0 amide bonds. The molecule has 0 aliphatic heterocycles. The van der Waals surface area contributed by atoms with E-state index in [1.54, 1.807) is 0 Å². The molecular formula is C6H7F5O6P2S. The van der Waals surface area contributed by atoms with E-state index in [0.717, 1.165) is 12.1 Å². The van der Waals surface area contributed by atoms with Crippen LogP contribution >= 0.6 is 14.5 Å². The quantitative estimate of drug-likeness (QED) is 0.607. The molecule has 1 aromatic carbocycles. The Kier molecular flexibility index (Phi) is 4.85. The van der Waals surface area contributed by atoms with E-state index in [4.69, 9.17) is 9.79 Å². The Hall–Kier alpha value is -0.320. The van der Waals surface area contributed by atoms with Gasteiger partial charge in [0, 0.05) is 0 Å². The summed E-state index contributed by atoms with van der Waals surface area (Å²) in [6.07, 6.45) is 0. The largest absolute Gasteiger partial charge is 0.476 e. The van der Waals surface area contributed by atoms with Gasteiger partial charge in [-0.25, -0.2) is 8.88 Å². The van der Waals surface area contributed by atoms with Crippen molar-refractivity contribution in [1.29, 1.82) is 0 Å². The molecule has 6 nitrogen and oxygen atoms in total. The minimum atomic E-state index is -7.97. The van der Waals surface area contributed by atoms with Gasteiger partial charge in [0.25, 0.3) is 0 Å². The molecule has 0 saturated carbocycles. The SMILES string of the molecule is O=P(O)(O)OP(OF)(OF)=S(F)(F)(F)c1ccccc1. The van der Waals surface area contributed by atoms with E-state index in [-0.39, 0.29) is 0 Å². The monoisotopic (exact) mass is 364 g/mol. The summed E-state index contributed by atoms with van der Waals surface area (Å²) >= 11 is 0. The molecule has 2 N–H and O–H groups in total. The van der Waals surface area contributed by atoms with Crippen molar-refractivity contribution in [2.75, 3.05) is 0 Å². The average Bonchev–Trinajstić information content (AvgIpc) is 2.35. The van der Waals surface area contributed by atoms with E-state index in [2.05, 4.69) is 13.8 Å². The lowest BCUT2D eigenvalue weighted by Gasteiger charge is -2.30. The zero-order valence-electron chi connectivity index (χ0n) is 9.11. The Morgan fingerprint density at radius 2 is 1.45 bits per heavy atom. The van der Waals surface area contributed by atoms with Crippen molar-refractivity contribution in [2.45, 2.75) is 4.90 Å². The van der Waals surface area contributed by atoms with Gasteiger partial charge in [0.05, 0.1) is 4.90 Å². The van der Waals surface area contributed by atoms with Gasteiger partial charge >= 0.3 is 14.5 Å². The molecule has 20 heavy (non-hydrogen) atoms. The molecule has 0 aromatic heterocycles. The molecule has 0 saturated heterocycles. The number of hydrogen-bond acceptors (Lipinski definition) is 4. The van der Waals surface area contributed by atoms with Crippen molar-refractivity contribution in [3.8, 4) is 0 Å². The number of hydrogen-bond donors (Lipinski definition) is 2. The Labute approximate surface area is 109 Å². The molecule has 1 aromatic rings. The topological polar surface area (TPSA) is 85.2 Å². The molecule has 0 aliphatic rings. The van der Waals surface area contributed by atoms with Gasteiger partial charge in [-0.3, -0.25) is 0 Å². The Morgan fingerprint density at radius 1 is 1.00 bits per heavy atom. The molecule has 0 fully saturated rings. The van der Waals surface area contributed by atoms with Crippen LogP contribution in [0.5, 0.6) is 0 Å². The van der Waals surface area contributed by atoms with Gasteiger partial charge in [0.15, 0.2) is 0 Å². The summed E-state index contributed by atoms with van der Waals surface area (Å²) in [7, 11) is -13.9. The fraction of sp³-hybridized carbons (Fsp3) is 0. The minimum absolute atomic E-state index is 0.428. The second kappa shape index (κ2) is 5.47. The number of phosphoric acid groups is 1. The standard InChI is InChI=1S/C6H7F5O6P2S/c7-15-19(16-8,17-18(12,13)14)20(9,10,11)6-4-2-1-3-5-6/h1-5H,(H2,12,13,14). The van der Waals surface area contributed by atoms with E-state index in [9.17, 15) is 25.3 Å². The number of rotatable bonds is 5. The maximum absolute atomic E-state index is 14.0. The second-order valence-corrected chi connectivity index (χ2v) is 11.0. The van der Waals surface area contributed by atoms with Crippen LogP contribution < -0.4 is 0 Å². The first-order valence-electron chi connectivity index (χ1n) is 4.38. The first-order chi connectivity index (χ1) is 8.97. The van der Waals surface area contributed by atoms with Gasteiger partial charge in [-0.2, -0.15) is 0 Å².